The Morgan fingerprint density at radius 2 is 1.90 bits per heavy atom. The number of aromatic nitrogens is 5. The number of nitrogens with zero attached hydrogens (tertiary/aromatic N) is 6. The van der Waals surface area contributed by atoms with Gasteiger partial charge in [-0.1, -0.05) is 29.3 Å². The van der Waals surface area contributed by atoms with Gasteiger partial charge in [-0.05, 0) is 50.2 Å². The highest BCUT2D eigenvalue weighted by atomic mass is 35.5. The second-order valence-electron chi connectivity index (χ2n) is 7.37. The summed E-state index contributed by atoms with van der Waals surface area (Å²) in [5.41, 5.74) is 3.31. The van der Waals surface area contributed by atoms with Crippen molar-refractivity contribution in [3.63, 3.8) is 0 Å². The molecule has 3 aromatic heterocycles. The minimum Gasteiger partial charge on any atom is -0.327 e. The van der Waals surface area contributed by atoms with Gasteiger partial charge in [0.05, 0.1) is 21.6 Å². The predicted octanol–water partition coefficient (Wildman–Crippen LogP) is 4.43. The Bertz CT molecular complexity index is 1290. The van der Waals surface area contributed by atoms with Gasteiger partial charge in [-0.2, -0.15) is 5.10 Å². The maximum absolute atomic E-state index is 13.1. The number of halogens is 2. The number of hydrogen-bond acceptors (Lipinski definition) is 4. The summed E-state index contributed by atoms with van der Waals surface area (Å²) in [4.78, 5) is 14.8. The van der Waals surface area contributed by atoms with Crippen LogP contribution >= 0.6 is 23.2 Å². The van der Waals surface area contributed by atoms with Crippen LogP contribution in [0, 0.1) is 6.92 Å². The molecule has 1 aliphatic heterocycles. The van der Waals surface area contributed by atoms with Crippen LogP contribution in [0.15, 0.2) is 42.5 Å². The van der Waals surface area contributed by atoms with Crippen LogP contribution in [0.25, 0.3) is 17.0 Å². The van der Waals surface area contributed by atoms with Crippen LogP contribution in [0.3, 0.4) is 0 Å². The third-order valence-electron chi connectivity index (χ3n) is 5.52. The fourth-order valence-electron chi connectivity index (χ4n) is 3.91. The molecular formula is C21H18Cl2N6O. The Kier molecular flexibility index (Phi) is 4.52. The van der Waals surface area contributed by atoms with Crippen molar-refractivity contribution in [1.29, 1.82) is 0 Å². The molecule has 30 heavy (non-hydrogen) atoms. The summed E-state index contributed by atoms with van der Waals surface area (Å²) in [6.45, 7) is 5.08. The SMILES string of the molecule is Cc1cccc2cc(-c3nnc4n3CCN(C(=O)c3ccc(Cl)c(Cl)c3)[C@@H]4C)nn12. The molecule has 0 saturated carbocycles. The van der Waals surface area contributed by atoms with Crippen LogP contribution in [0.1, 0.15) is 34.8 Å². The largest absolute Gasteiger partial charge is 0.327 e. The maximum atomic E-state index is 13.1. The van der Waals surface area contributed by atoms with Crippen molar-refractivity contribution in [1.82, 2.24) is 29.3 Å². The zero-order chi connectivity index (χ0) is 21.0. The summed E-state index contributed by atoms with van der Waals surface area (Å²) in [5, 5.41) is 14.3. The van der Waals surface area contributed by atoms with E-state index in [0.717, 1.165) is 22.7 Å². The van der Waals surface area contributed by atoms with Gasteiger partial charge in [-0.25, -0.2) is 4.52 Å². The number of hydrogen-bond donors (Lipinski definition) is 0. The highest BCUT2D eigenvalue weighted by molar-refractivity contribution is 6.42. The fourth-order valence-corrected chi connectivity index (χ4v) is 4.21. The van der Waals surface area contributed by atoms with E-state index in [9.17, 15) is 4.79 Å². The number of benzene rings is 1. The van der Waals surface area contributed by atoms with E-state index in [1.807, 2.05) is 47.2 Å². The third kappa shape index (κ3) is 2.97. The quantitative estimate of drug-likeness (QED) is 0.462. The average Bonchev–Trinajstić information content (AvgIpc) is 3.35. The smallest absolute Gasteiger partial charge is 0.254 e. The fraction of sp³-hybridized carbons (Fsp3) is 0.238. The van der Waals surface area contributed by atoms with Crippen molar-refractivity contribution in [2.24, 2.45) is 0 Å². The highest BCUT2D eigenvalue weighted by Crippen LogP contribution is 2.31. The molecule has 0 spiro atoms. The van der Waals surface area contributed by atoms with E-state index in [2.05, 4.69) is 10.2 Å². The van der Waals surface area contributed by atoms with Gasteiger partial charge < -0.3 is 9.47 Å². The van der Waals surface area contributed by atoms with Crippen molar-refractivity contribution in [2.45, 2.75) is 26.4 Å². The van der Waals surface area contributed by atoms with Crippen molar-refractivity contribution >= 4 is 34.6 Å². The van der Waals surface area contributed by atoms with Gasteiger partial charge in [0.15, 0.2) is 11.6 Å². The van der Waals surface area contributed by atoms with Gasteiger partial charge in [0, 0.05) is 24.3 Å². The lowest BCUT2D eigenvalue weighted by atomic mass is 10.1. The Morgan fingerprint density at radius 3 is 2.67 bits per heavy atom. The number of carbonyl (C=O) groups excluding carboxylic acids is 1. The molecule has 0 fully saturated rings. The normalized spacial score (nSPS) is 16.1. The maximum Gasteiger partial charge on any atom is 0.254 e. The molecule has 0 aliphatic carbocycles. The highest BCUT2D eigenvalue weighted by Gasteiger charge is 2.32. The summed E-state index contributed by atoms with van der Waals surface area (Å²) in [6.07, 6.45) is 0. The van der Waals surface area contributed by atoms with E-state index in [1.165, 1.54) is 0 Å². The Balaban J connectivity index is 1.48. The predicted molar refractivity (Wildman–Crippen MR) is 115 cm³/mol. The second kappa shape index (κ2) is 7.11. The second-order valence-corrected chi connectivity index (χ2v) is 8.18. The van der Waals surface area contributed by atoms with Crippen LogP contribution in [0.2, 0.25) is 10.0 Å². The molecule has 1 atom stereocenters. The molecule has 152 valence electrons. The van der Waals surface area contributed by atoms with Gasteiger partial charge in [-0.3, -0.25) is 4.79 Å². The van der Waals surface area contributed by atoms with Crippen LogP contribution in [0.4, 0.5) is 0 Å². The number of amides is 1. The first kappa shape index (κ1) is 19.1. The van der Waals surface area contributed by atoms with E-state index >= 15 is 0 Å². The lowest BCUT2D eigenvalue weighted by molar-refractivity contribution is 0.0638. The molecule has 1 amide bonds. The van der Waals surface area contributed by atoms with E-state index < -0.39 is 0 Å². The molecule has 1 aliphatic rings. The zero-order valence-corrected chi connectivity index (χ0v) is 17.9. The van der Waals surface area contributed by atoms with Gasteiger partial charge in [0.1, 0.15) is 5.69 Å². The molecule has 7 nitrogen and oxygen atoms in total. The first-order valence-electron chi connectivity index (χ1n) is 9.59. The van der Waals surface area contributed by atoms with Crippen LogP contribution in [0.5, 0.6) is 0 Å². The first-order chi connectivity index (χ1) is 14.4. The van der Waals surface area contributed by atoms with Crippen LogP contribution in [-0.2, 0) is 6.54 Å². The Hall–Kier alpha value is -2.90. The standard InChI is InChI=1S/C21H18Cl2N6O/c1-12-4-3-5-15-11-18(26-29(12)15)20-25-24-19-13(2)27(8-9-28(19)20)21(30)14-6-7-16(22)17(23)10-14/h3-7,10-11,13H,8-9H2,1-2H3/t13-/m1/s1. The topological polar surface area (TPSA) is 68.3 Å². The van der Waals surface area contributed by atoms with Gasteiger partial charge in [-0.15, -0.1) is 10.2 Å². The molecular weight excluding hydrogens is 423 g/mol. The summed E-state index contributed by atoms with van der Waals surface area (Å²) in [6, 6.07) is 12.7. The molecule has 5 rings (SSSR count). The Morgan fingerprint density at radius 1 is 1.07 bits per heavy atom. The van der Waals surface area contributed by atoms with Crippen molar-refractivity contribution in [3.05, 3.63) is 69.6 Å². The molecule has 0 unspecified atom stereocenters. The number of rotatable bonds is 2. The van der Waals surface area contributed by atoms with Gasteiger partial charge in [0.2, 0.25) is 0 Å². The first-order valence-corrected chi connectivity index (χ1v) is 10.3. The molecule has 0 bridgehead atoms. The number of pyridine rings is 1. The molecule has 0 N–H and O–H groups in total. The number of aryl methyl sites for hydroxylation is 1. The van der Waals surface area contributed by atoms with E-state index in [0.29, 0.717) is 34.5 Å². The van der Waals surface area contributed by atoms with Crippen LogP contribution in [-0.4, -0.2) is 41.7 Å². The summed E-state index contributed by atoms with van der Waals surface area (Å²) in [5.74, 6) is 1.33. The lowest BCUT2D eigenvalue weighted by Crippen LogP contribution is -2.41. The van der Waals surface area contributed by atoms with Crippen molar-refractivity contribution in [3.8, 4) is 11.5 Å². The molecule has 0 saturated heterocycles. The van der Waals surface area contributed by atoms with E-state index in [4.69, 9.17) is 28.3 Å². The zero-order valence-electron chi connectivity index (χ0n) is 16.4. The van der Waals surface area contributed by atoms with Gasteiger partial charge >= 0.3 is 0 Å². The minimum atomic E-state index is -0.235. The average molecular weight is 441 g/mol. The minimum absolute atomic E-state index is 0.111. The summed E-state index contributed by atoms with van der Waals surface area (Å²) >= 11 is 12.1. The summed E-state index contributed by atoms with van der Waals surface area (Å²) < 4.78 is 3.93. The third-order valence-corrected chi connectivity index (χ3v) is 6.26. The van der Waals surface area contributed by atoms with E-state index in [-0.39, 0.29) is 11.9 Å². The number of fused-ring (bicyclic) bond motifs is 2. The monoisotopic (exact) mass is 440 g/mol. The molecule has 0 radical (unpaired) electrons. The summed E-state index contributed by atoms with van der Waals surface area (Å²) in [7, 11) is 0. The van der Waals surface area contributed by atoms with Gasteiger partial charge in [0.25, 0.3) is 5.91 Å². The van der Waals surface area contributed by atoms with Crippen molar-refractivity contribution in [2.75, 3.05) is 6.54 Å². The number of carbonyl (C=O) groups is 1. The molecule has 4 heterocycles. The van der Waals surface area contributed by atoms with E-state index in [1.54, 1.807) is 23.1 Å². The Labute approximate surface area is 182 Å². The molecule has 4 aromatic rings. The molecule has 1 aromatic carbocycles. The lowest BCUT2D eigenvalue weighted by Gasteiger charge is -2.33. The van der Waals surface area contributed by atoms with Crippen molar-refractivity contribution < 1.29 is 4.79 Å². The molecule has 9 heteroatoms. The van der Waals surface area contributed by atoms with Crippen LogP contribution < -0.4 is 0 Å².